The van der Waals surface area contributed by atoms with Crippen LogP contribution in [0.3, 0.4) is 0 Å². The number of rotatable bonds is 2. The number of hydrogen-bond donors (Lipinski definition) is 0. The van der Waals surface area contributed by atoms with E-state index in [4.69, 9.17) is 0 Å². The Morgan fingerprint density at radius 2 is 2.00 bits per heavy atom. The monoisotopic (exact) mass is 189 g/mol. The predicted molar refractivity (Wildman–Crippen MR) is 43.5 cm³/mol. The van der Waals surface area contributed by atoms with Crippen LogP contribution in [0.2, 0.25) is 0 Å². The SMILES string of the molecule is O=C([O-])c1ccc(-n2cnnn2)cc1. The average Bonchev–Trinajstić information content (AvgIpc) is 2.71. The number of carboxylic acids is 1. The molecule has 0 N–H and O–H groups in total. The van der Waals surface area contributed by atoms with Crippen molar-refractivity contribution in [1.82, 2.24) is 20.2 Å². The molecule has 0 atom stereocenters. The van der Waals surface area contributed by atoms with Gasteiger partial charge in [0.2, 0.25) is 0 Å². The number of hydrogen-bond acceptors (Lipinski definition) is 5. The number of carbonyl (C=O) groups is 1. The second kappa shape index (κ2) is 3.25. The molecule has 14 heavy (non-hydrogen) atoms. The predicted octanol–water partition coefficient (Wildman–Crippen LogP) is -0.974. The third kappa shape index (κ3) is 1.45. The van der Waals surface area contributed by atoms with Crippen LogP contribution in [0.15, 0.2) is 30.6 Å². The fourth-order valence-electron chi connectivity index (χ4n) is 1.03. The molecule has 0 aliphatic carbocycles. The number of carbonyl (C=O) groups excluding carboxylic acids is 1. The zero-order valence-corrected chi connectivity index (χ0v) is 6.99. The van der Waals surface area contributed by atoms with Gasteiger partial charge in [-0.1, -0.05) is 12.1 Å². The molecule has 6 nitrogen and oxygen atoms in total. The van der Waals surface area contributed by atoms with E-state index in [2.05, 4.69) is 15.5 Å². The van der Waals surface area contributed by atoms with Gasteiger partial charge in [0.05, 0.1) is 11.7 Å². The lowest BCUT2D eigenvalue weighted by Crippen LogP contribution is -2.22. The Hall–Kier alpha value is -2.24. The summed E-state index contributed by atoms with van der Waals surface area (Å²) in [7, 11) is 0. The molecule has 1 aromatic carbocycles. The van der Waals surface area contributed by atoms with E-state index in [1.807, 2.05) is 0 Å². The van der Waals surface area contributed by atoms with Crippen molar-refractivity contribution < 1.29 is 9.90 Å². The molecule has 6 heteroatoms. The van der Waals surface area contributed by atoms with Crippen molar-refractivity contribution >= 4 is 5.97 Å². The number of benzene rings is 1. The van der Waals surface area contributed by atoms with Gasteiger partial charge >= 0.3 is 0 Å². The highest BCUT2D eigenvalue weighted by Gasteiger charge is 1.97. The molecule has 0 aliphatic rings. The first-order valence-corrected chi connectivity index (χ1v) is 3.82. The minimum absolute atomic E-state index is 0.127. The molecule has 0 amide bonds. The van der Waals surface area contributed by atoms with Gasteiger partial charge in [-0.25, -0.2) is 4.68 Å². The molecule has 0 saturated carbocycles. The maximum absolute atomic E-state index is 10.4. The van der Waals surface area contributed by atoms with Crippen LogP contribution in [0.1, 0.15) is 10.4 Å². The summed E-state index contributed by atoms with van der Waals surface area (Å²) in [6, 6.07) is 6.07. The molecule has 0 bridgehead atoms. The van der Waals surface area contributed by atoms with Crippen LogP contribution in [0.4, 0.5) is 0 Å². The van der Waals surface area contributed by atoms with E-state index in [-0.39, 0.29) is 5.56 Å². The summed E-state index contributed by atoms with van der Waals surface area (Å²) >= 11 is 0. The third-order valence-corrected chi connectivity index (χ3v) is 1.72. The van der Waals surface area contributed by atoms with Gasteiger partial charge in [0.1, 0.15) is 6.33 Å². The molecule has 0 radical (unpaired) electrons. The van der Waals surface area contributed by atoms with Crippen LogP contribution in [0.25, 0.3) is 5.69 Å². The first-order chi connectivity index (χ1) is 6.77. The summed E-state index contributed by atoms with van der Waals surface area (Å²) in [4.78, 5) is 10.4. The summed E-state index contributed by atoms with van der Waals surface area (Å²) in [6.45, 7) is 0. The van der Waals surface area contributed by atoms with Gasteiger partial charge in [-0.15, -0.1) is 5.10 Å². The largest absolute Gasteiger partial charge is 0.545 e. The fourth-order valence-corrected chi connectivity index (χ4v) is 1.03. The maximum Gasteiger partial charge on any atom is 0.143 e. The Morgan fingerprint density at radius 3 is 2.50 bits per heavy atom. The molecule has 2 aromatic rings. The molecule has 70 valence electrons. The van der Waals surface area contributed by atoms with Crippen molar-refractivity contribution in [2.45, 2.75) is 0 Å². The molecular weight excluding hydrogens is 184 g/mol. The molecule has 0 aliphatic heterocycles. The number of carboxylic acid groups (broad SMARTS) is 1. The molecule has 0 saturated heterocycles. The lowest BCUT2D eigenvalue weighted by molar-refractivity contribution is -0.255. The van der Waals surface area contributed by atoms with E-state index < -0.39 is 5.97 Å². The summed E-state index contributed by atoms with van der Waals surface area (Å²) in [5.41, 5.74) is 0.821. The second-order valence-corrected chi connectivity index (χ2v) is 2.59. The van der Waals surface area contributed by atoms with Crippen LogP contribution in [0.5, 0.6) is 0 Å². The van der Waals surface area contributed by atoms with Crippen LogP contribution in [-0.4, -0.2) is 26.2 Å². The van der Waals surface area contributed by atoms with Gasteiger partial charge in [-0.2, -0.15) is 0 Å². The zero-order valence-electron chi connectivity index (χ0n) is 6.99. The molecule has 1 aromatic heterocycles. The van der Waals surface area contributed by atoms with Crippen LogP contribution >= 0.6 is 0 Å². The molecule has 0 unspecified atom stereocenters. The van der Waals surface area contributed by atoms with Crippen molar-refractivity contribution in [2.75, 3.05) is 0 Å². The Labute approximate surface area is 78.8 Å². The molecule has 0 fully saturated rings. The highest BCUT2D eigenvalue weighted by Crippen LogP contribution is 2.06. The Bertz CT molecular complexity index is 435. The van der Waals surface area contributed by atoms with Crippen LogP contribution in [-0.2, 0) is 0 Å². The quantitative estimate of drug-likeness (QED) is 0.606. The normalized spacial score (nSPS) is 10.0. The van der Waals surface area contributed by atoms with E-state index in [9.17, 15) is 9.90 Å². The smallest absolute Gasteiger partial charge is 0.143 e. The maximum atomic E-state index is 10.4. The molecule has 2 rings (SSSR count). The van der Waals surface area contributed by atoms with Crippen LogP contribution in [0, 0.1) is 0 Å². The van der Waals surface area contributed by atoms with E-state index in [1.54, 1.807) is 12.1 Å². The van der Waals surface area contributed by atoms with E-state index in [1.165, 1.54) is 23.1 Å². The van der Waals surface area contributed by atoms with Crippen LogP contribution < -0.4 is 5.11 Å². The fraction of sp³-hybridized carbons (Fsp3) is 0. The van der Waals surface area contributed by atoms with Gasteiger partial charge in [0.25, 0.3) is 0 Å². The first kappa shape index (κ1) is 8.36. The Kier molecular flexibility index (Phi) is 1.94. The van der Waals surface area contributed by atoms with Crippen molar-refractivity contribution in [2.24, 2.45) is 0 Å². The Balaban J connectivity index is 2.36. The van der Waals surface area contributed by atoms with Crippen molar-refractivity contribution in [3.8, 4) is 5.69 Å². The first-order valence-electron chi connectivity index (χ1n) is 3.82. The number of aromatic nitrogens is 4. The van der Waals surface area contributed by atoms with Gasteiger partial charge in [0, 0.05) is 0 Å². The van der Waals surface area contributed by atoms with Gasteiger partial charge < -0.3 is 9.90 Å². The lowest BCUT2D eigenvalue weighted by Gasteiger charge is -2.03. The number of aromatic carboxylic acids is 1. The van der Waals surface area contributed by atoms with Gasteiger partial charge in [-0.3, -0.25) is 0 Å². The summed E-state index contributed by atoms with van der Waals surface area (Å²) in [5.74, 6) is -1.20. The minimum atomic E-state index is -1.20. The summed E-state index contributed by atoms with van der Waals surface area (Å²) in [6.07, 6.45) is 1.42. The van der Waals surface area contributed by atoms with E-state index in [0.717, 1.165) is 0 Å². The molecular formula is C8H5N4O2-. The average molecular weight is 189 g/mol. The highest BCUT2D eigenvalue weighted by atomic mass is 16.4. The van der Waals surface area contributed by atoms with Gasteiger partial charge in [-0.05, 0) is 28.1 Å². The van der Waals surface area contributed by atoms with Crippen molar-refractivity contribution in [1.29, 1.82) is 0 Å². The molecule has 1 heterocycles. The van der Waals surface area contributed by atoms with Gasteiger partial charge in [0.15, 0.2) is 0 Å². The van der Waals surface area contributed by atoms with Crippen molar-refractivity contribution in [3.63, 3.8) is 0 Å². The summed E-state index contributed by atoms with van der Waals surface area (Å²) < 4.78 is 1.43. The number of tetrazole rings is 1. The minimum Gasteiger partial charge on any atom is -0.545 e. The third-order valence-electron chi connectivity index (χ3n) is 1.72. The zero-order chi connectivity index (χ0) is 9.97. The molecule has 0 spiro atoms. The number of nitrogens with zero attached hydrogens (tertiary/aromatic N) is 4. The summed E-state index contributed by atoms with van der Waals surface area (Å²) in [5, 5.41) is 21.0. The van der Waals surface area contributed by atoms with E-state index >= 15 is 0 Å². The standard InChI is InChI=1S/C8H6N4O2/c13-8(14)6-1-3-7(4-2-6)12-5-9-10-11-12/h1-5H,(H,13,14)/p-1. The highest BCUT2D eigenvalue weighted by molar-refractivity contribution is 5.85. The second-order valence-electron chi connectivity index (χ2n) is 2.59. The topological polar surface area (TPSA) is 83.7 Å². The van der Waals surface area contributed by atoms with Crippen molar-refractivity contribution in [3.05, 3.63) is 36.2 Å². The Morgan fingerprint density at radius 1 is 1.29 bits per heavy atom. The lowest BCUT2D eigenvalue weighted by atomic mass is 10.2. The van der Waals surface area contributed by atoms with E-state index in [0.29, 0.717) is 5.69 Å².